The summed E-state index contributed by atoms with van der Waals surface area (Å²) in [5.74, 6) is 1.80. The van der Waals surface area contributed by atoms with Crippen molar-refractivity contribution in [2.45, 2.75) is 19.3 Å². The molecule has 3 N–H and O–H groups in total. The summed E-state index contributed by atoms with van der Waals surface area (Å²) in [6.07, 6.45) is 1.03. The predicted molar refractivity (Wildman–Crippen MR) is 79.4 cm³/mol. The second-order valence-corrected chi connectivity index (χ2v) is 5.52. The molecule has 5 heteroatoms. The fraction of sp³-hybridized carbons (Fsp3) is 0.533. The zero-order valence-electron chi connectivity index (χ0n) is 12.1. The van der Waals surface area contributed by atoms with Crippen molar-refractivity contribution in [1.29, 1.82) is 0 Å². The van der Waals surface area contributed by atoms with Gasteiger partial charge in [0.1, 0.15) is 11.6 Å². The van der Waals surface area contributed by atoms with Gasteiger partial charge in [-0.2, -0.15) is 0 Å². The van der Waals surface area contributed by atoms with Crippen LogP contribution in [0.1, 0.15) is 24.8 Å². The van der Waals surface area contributed by atoms with Crippen LogP contribution in [-0.2, 0) is 0 Å². The Morgan fingerprint density at radius 1 is 1.55 bits per heavy atom. The fourth-order valence-electron chi connectivity index (χ4n) is 2.72. The molecule has 20 heavy (non-hydrogen) atoms. The van der Waals surface area contributed by atoms with E-state index < -0.39 is 0 Å². The van der Waals surface area contributed by atoms with Crippen molar-refractivity contribution in [3.05, 3.63) is 29.8 Å². The van der Waals surface area contributed by atoms with E-state index in [-0.39, 0.29) is 11.8 Å². The molecule has 1 aromatic carbocycles. The highest BCUT2D eigenvalue weighted by Crippen LogP contribution is 2.33. The summed E-state index contributed by atoms with van der Waals surface area (Å²) >= 11 is 0. The molecule has 0 aliphatic carbocycles. The third kappa shape index (κ3) is 3.42. The van der Waals surface area contributed by atoms with E-state index in [0.717, 1.165) is 31.9 Å². The summed E-state index contributed by atoms with van der Waals surface area (Å²) < 4.78 is 5.68. The molecule has 0 saturated carbocycles. The monoisotopic (exact) mass is 277 g/mol. The average Bonchev–Trinajstić information content (AvgIpc) is 2.46. The Bertz CT molecular complexity index is 476. The zero-order valence-corrected chi connectivity index (χ0v) is 12.1. The number of amidine groups is 1. The highest BCUT2D eigenvalue weighted by atomic mass is 16.5. The van der Waals surface area contributed by atoms with Gasteiger partial charge in [0.25, 0.3) is 0 Å². The lowest BCUT2D eigenvalue weighted by Gasteiger charge is -2.30. The molecule has 2 rings (SSSR count). The molecule has 2 atom stereocenters. The Labute approximate surface area is 120 Å². The first-order valence-electron chi connectivity index (χ1n) is 6.99. The number of oxime groups is 1. The van der Waals surface area contributed by atoms with Crippen LogP contribution in [0.3, 0.4) is 0 Å². The van der Waals surface area contributed by atoms with Gasteiger partial charge in [0.2, 0.25) is 0 Å². The first-order valence-corrected chi connectivity index (χ1v) is 6.99. The summed E-state index contributed by atoms with van der Waals surface area (Å²) in [5, 5.41) is 11.8. The lowest BCUT2D eigenvalue weighted by atomic mass is 9.92. The average molecular weight is 277 g/mol. The lowest BCUT2D eigenvalue weighted by molar-refractivity contribution is 0.225. The second kappa shape index (κ2) is 6.61. The van der Waals surface area contributed by atoms with Crippen LogP contribution in [0.5, 0.6) is 5.75 Å². The summed E-state index contributed by atoms with van der Waals surface area (Å²) in [4.78, 5) is 2.23. The Balaban J connectivity index is 1.97. The normalized spacial score (nSPS) is 20.4. The van der Waals surface area contributed by atoms with Gasteiger partial charge in [0.15, 0.2) is 0 Å². The molecule has 0 aromatic heterocycles. The molecule has 0 bridgehead atoms. The Morgan fingerprint density at radius 2 is 2.30 bits per heavy atom. The Hall–Kier alpha value is -1.75. The number of fused-ring (bicyclic) bond motifs is 1. The molecule has 110 valence electrons. The van der Waals surface area contributed by atoms with Crippen LogP contribution in [0.25, 0.3) is 0 Å². The highest BCUT2D eigenvalue weighted by Gasteiger charge is 2.23. The van der Waals surface area contributed by atoms with Crippen molar-refractivity contribution in [2.75, 3.05) is 26.7 Å². The van der Waals surface area contributed by atoms with Crippen molar-refractivity contribution < 1.29 is 9.94 Å². The van der Waals surface area contributed by atoms with E-state index >= 15 is 0 Å². The van der Waals surface area contributed by atoms with Crippen LogP contribution in [0.4, 0.5) is 0 Å². The van der Waals surface area contributed by atoms with E-state index in [2.05, 4.69) is 29.2 Å². The van der Waals surface area contributed by atoms with Crippen LogP contribution in [0.2, 0.25) is 0 Å². The van der Waals surface area contributed by atoms with Crippen LogP contribution >= 0.6 is 0 Å². The lowest BCUT2D eigenvalue weighted by Crippen LogP contribution is -2.35. The Kier molecular flexibility index (Phi) is 4.84. The quantitative estimate of drug-likeness (QED) is 0.373. The van der Waals surface area contributed by atoms with E-state index in [1.54, 1.807) is 0 Å². The molecule has 0 saturated heterocycles. The van der Waals surface area contributed by atoms with Gasteiger partial charge in [0, 0.05) is 24.9 Å². The number of benzene rings is 1. The number of likely N-dealkylation sites (N-methyl/N-ethyl adjacent to an activating group) is 1. The molecular formula is C15H23N3O2. The van der Waals surface area contributed by atoms with E-state index in [4.69, 9.17) is 15.7 Å². The van der Waals surface area contributed by atoms with Crippen molar-refractivity contribution in [1.82, 2.24) is 4.90 Å². The smallest absolute Gasteiger partial charge is 0.143 e. The molecule has 1 aromatic rings. The van der Waals surface area contributed by atoms with Crippen molar-refractivity contribution in [3.63, 3.8) is 0 Å². The number of para-hydroxylation sites is 1. The third-order valence-electron chi connectivity index (χ3n) is 3.82. The molecule has 2 unspecified atom stereocenters. The third-order valence-corrected chi connectivity index (χ3v) is 3.82. The van der Waals surface area contributed by atoms with Crippen LogP contribution < -0.4 is 10.5 Å². The minimum atomic E-state index is 0.0417. The minimum Gasteiger partial charge on any atom is -0.493 e. The van der Waals surface area contributed by atoms with E-state index in [1.807, 2.05) is 19.1 Å². The summed E-state index contributed by atoms with van der Waals surface area (Å²) in [6, 6.07) is 8.23. The zero-order chi connectivity index (χ0) is 14.5. The maximum absolute atomic E-state index is 8.70. The number of hydrogen-bond donors (Lipinski definition) is 2. The molecule has 0 spiro atoms. The van der Waals surface area contributed by atoms with E-state index in [1.165, 1.54) is 5.56 Å². The van der Waals surface area contributed by atoms with Gasteiger partial charge in [-0.25, -0.2) is 0 Å². The van der Waals surface area contributed by atoms with Gasteiger partial charge < -0.3 is 20.6 Å². The fourth-order valence-corrected chi connectivity index (χ4v) is 2.72. The first-order chi connectivity index (χ1) is 9.61. The maximum atomic E-state index is 8.70. The molecule has 1 aliphatic heterocycles. The van der Waals surface area contributed by atoms with Gasteiger partial charge in [0.05, 0.1) is 6.61 Å². The molecule has 1 aliphatic rings. The van der Waals surface area contributed by atoms with Crippen LogP contribution in [-0.4, -0.2) is 42.7 Å². The predicted octanol–water partition coefficient (Wildman–Crippen LogP) is 1.87. The summed E-state index contributed by atoms with van der Waals surface area (Å²) in [7, 11) is 2.07. The number of nitrogens with two attached hydrogens (primary N) is 1. The van der Waals surface area contributed by atoms with Crippen molar-refractivity contribution in [2.24, 2.45) is 16.8 Å². The van der Waals surface area contributed by atoms with E-state index in [9.17, 15) is 0 Å². The standard InChI is InChI=1S/C15H23N3O2/c1-11(15(16)17-19)9-18(2)10-12-7-8-20-14-6-4-3-5-13(12)14/h3-6,11-12,19H,7-10H2,1-2H3,(H2,16,17). The van der Waals surface area contributed by atoms with Gasteiger partial charge in [-0.3, -0.25) is 0 Å². The number of hydrogen-bond acceptors (Lipinski definition) is 4. The maximum Gasteiger partial charge on any atom is 0.143 e. The number of rotatable bonds is 5. The Morgan fingerprint density at radius 3 is 3.05 bits per heavy atom. The largest absolute Gasteiger partial charge is 0.493 e. The van der Waals surface area contributed by atoms with Crippen LogP contribution in [0, 0.1) is 5.92 Å². The molecule has 1 heterocycles. The number of ether oxygens (including phenoxy) is 1. The summed E-state index contributed by atoms with van der Waals surface area (Å²) in [5.41, 5.74) is 6.91. The van der Waals surface area contributed by atoms with Crippen molar-refractivity contribution in [3.8, 4) is 5.75 Å². The molecular weight excluding hydrogens is 254 g/mol. The first kappa shape index (κ1) is 14.7. The SMILES string of the molecule is CC(CN(C)CC1CCOc2ccccc21)/C(N)=N/O. The molecule has 5 nitrogen and oxygen atoms in total. The molecule has 0 radical (unpaired) electrons. The van der Waals surface area contributed by atoms with Gasteiger partial charge in [-0.15, -0.1) is 0 Å². The van der Waals surface area contributed by atoms with E-state index in [0.29, 0.717) is 5.92 Å². The van der Waals surface area contributed by atoms with Gasteiger partial charge in [-0.1, -0.05) is 30.3 Å². The molecule has 0 amide bonds. The van der Waals surface area contributed by atoms with Gasteiger partial charge in [-0.05, 0) is 25.1 Å². The molecule has 0 fully saturated rings. The number of nitrogens with zero attached hydrogens (tertiary/aromatic N) is 2. The minimum absolute atomic E-state index is 0.0417. The van der Waals surface area contributed by atoms with Gasteiger partial charge >= 0.3 is 0 Å². The van der Waals surface area contributed by atoms with Crippen molar-refractivity contribution >= 4 is 5.84 Å². The highest BCUT2D eigenvalue weighted by molar-refractivity contribution is 5.82. The topological polar surface area (TPSA) is 71.1 Å². The second-order valence-electron chi connectivity index (χ2n) is 5.52. The summed E-state index contributed by atoms with van der Waals surface area (Å²) in [6.45, 7) is 4.45. The van der Waals surface area contributed by atoms with Crippen LogP contribution in [0.15, 0.2) is 29.4 Å².